The fourth-order valence-electron chi connectivity index (χ4n) is 2.02. The molecule has 0 unspecified atom stereocenters. The molecule has 0 aliphatic heterocycles. The molecule has 2 aromatic carbocycles. The van der Waals surface area contributed by atoms with Gasteiger partial charge >= 0.3 is 0 Å². The Labute approximate surface area is 121 Å². The van der Waals surface area contributed by atoms with Gasteiger partial charge in [-0.3, -0.25) is 4.57 Å². The molecule has 0 fully saturated rings. The summed E-state index contributed by atoms with van der Waals surface area (Å²) in [6.45, 7) is 0. The van der Waals surface area contributed by atoms with Crippen molar-refractivity contribution in [3.63, 3.8) is 0 Å². The molecule has 0 aliphatic rings. The van der Waals surface area contributed by atoms with Gasteiger partial charge in [0.1, 0.15) is 11.3 Å². The van der Waals surface area contributed by atoms with E-state index in [1.165, 1.54) is 18.2 Å². The summed E-state index contributed by atoms with van der Waals surface area (Å²) in [4.78, 5) is 2.70. The lowest BCUT2D eigenvalue weighted by molar-refractivity contribution is 0.514. The Bertz CT molecular complexity index is 885. The second-order valence-corrected chi connectivity index (χ2v) is 4.94. The summed E-state index contributed by atoms with van der Waals surface area (Å²) in [5, 5.41) is 0.259. The second kappa shape index (κ2) is 4.64. The average Bonchev–Trinajstić information content (AvgIpc) is 2.74. The molecule has 0 amide bonds. The van der Waals surface area contributed by atoms with E-state index in [1.54, 1.807) is 0 Å². The first-order valence-electron chi connectivity index (χ1n) is 5.53. The molecule has 0 saturated heterocycles. The minimum atomic E-state index is -1.10. The molecule has 0 spiro atoms. The Morgan fingerprint density at radius 1 is 1.05 bits per heavy atom. The Hall–Kier alpha value is -1.79. The molecule has 2 nitrogen and oxygen atoms in total. The zero-order valence-corrected chi connectivity index (χ0v) is 11.3. The fraction of sp³-hybridized carbons (Fsp3) is 0. The number of aromatic nitrogens is 2. The Balaban J connectivity index is 2.48. The zero-order valence-electron chi connectivity index (χ0n) is 9.75. The Morgan fingerprint density at radius 3 is 2.50 bits per heavy atom. The summed E-state index contributed by atoms with van der Waals surface area (Å²) in [6.07, 6.45) is 0. The normalized spacial score (nSPS) is 11.2. The standard InChI is InChI=1S/C13H6ClF3N2S/c14-6-1-2-7(15)10(5-6)19-12-9(18-13(19)20)4-3-8(16)11(12)17/h1-5H,(H,18,20). The van der Waals surface area contributed by atoms with Gasteiger partial charge in [0, 0.05) is 5.02 Å². The molecular weight excluding hydrogens is 309 g/mol. The van der Waals surface area contributed by atoms with Crippen LogP contribution in [0.15, 0.2) is 30.3 Å². The van der Waals surface area contributed by atoms with Gasteiger partial charge in [0.2, 0.25) is 0 Å². The summed E-state index contributed by atoms with van der Waals surface area (Å²) >= 11 is 10.9. The molecule has 0 bridgehead atoms. The minimum absolute atomic E-state index is 0.0433. The van der Waals surface area contributed by atoms with E-state index in [2.05, 4.69) is 4.98 Å². The number of halogens is 4. The van der Waals surface area contributed by atoms with Gasteiger partial charge in [-0.05, 0) is 42.5 Å². The van der Waals surface area contributed by atoms with Gasteiger partial charge in [-0.25, -0.2) is 13.2 Å². The third-order valence-corrected chi connectivity index (χ3v) is 3.41. The predicted molar refractivity (Wildman–Crippen MR) is 73.3 cm³/mol. The van der Waals surface area contributed by atoms with Crippen molar-refractivity contribution in [1.82, 2.24) is 9.55 Å². The van der Waals surface area contributed by atoms with Gasteiger partial charge in [0.25, 0.3) is 0 Å². The maximum Gasteiger partial charge on any atom is 0.184 e. The van der Waals surface area contributed by atoms with Crippen LogP contribution in [0.4, 0.5) is 13.2 Å². The number of benzene rings is 2. The van der Waals surface area contributed by atoms with Crippen LogP contribution in [0.2, 0.25) is 5.02 Å². The second-order valence-electron chi connectivity index (χ2n) is 4.12. The van der Waals surface area contributed by atoms with Crippen molar-refractivity contribution in [2.24, 2.45) is 0 Å². The van der Waals surface area contributed by atoms with Crippen molar-refractivity contribution in [3.05, 3.63) is 57.6 Å². The summed E-state index contributed by atoms with van der Waals surface area (Å²) in [6, 6.07) is 6.10. The molecule has 20 heavy (non-hydrogen) atoms. The molecule has 1 aromatic heterocycles. The van der Waals surface area contributed by atoms with Crippen molar-refractivity contribution in [1.29, 1.82) is 0 Å². The smallest absolute Gasteiger partial charge is 0.184 e. The van der Waals surface area contributed by atoms with Gasteiger partial charge < -0.3 is 4.98 Å². The number of hydrogen-bond acceptors (Lipinski definition) is 1. The van der Waals surface area contributed by atoms with Crippen molar-refractivity contribution in [2.45, 2.75) is 0 Å². The highest BCUT2D eigenvalue weighted by Gasteiger charge is 2.17. The summed E-state index contributed by atoms with van der Waals surface area (Å²) in [5.74, 6) is -2.79. The Kier molecular flexibility index (Phi) is 3.07. The molecule has 7 heteroatoms. The van der Waals surface area contributed by atoms with Crippen LogP contribution in [0, 0.1) is 22.2 Å². The third-order valence-electron chi connectivity index (χ3n) is 2.89. The van der Waals surface area contributed by atoms with E-state index < -0.39 is 17.5 Å². The number of rotatable bonds is 1. The summed E-state index contributed by atoms with van der Waals surface area (Å²) in [7, 11) is 0. The van der Waals surface area contributed by atoms with Gasteiger partial charge in [-0.15, -0.1) is 0 Å². The van der Waals surface area contributed by atoms with Crippen LogP contribution in [0.5, 0.6) is 0 Å². The van der Waals surface area contributed by atoms with Crippen LogP contribution in [-0.4, -0.2) is 9.55 Å². The number of H-pyrrole nitrogens is 1. The van der Waals surface area contributed by atoms with Crippen molar-refractivity contribution in [2.75, 3.05) is 0 Å². The van der Waals surface area contributed by atoms with Gasteiger partial charge in [-0.2, -0.15) is 0 Å². The molecule has 1 heterocycles. The van der Waals surface area contributed by atoms with Gasteiger partial charge in [0.05, 0.1) is 11.2 Å². The third kappa shape index (κ3) is 1.92. The number of nitrogens with zero attached hydrogens (tertiary/aromatic N) is 1. The van der Waals surface area contributed by atoms with E-state index in [0.717, 1.165) is 16.7 Å². The molecule has 3 rings (SSSR count). The maximum atomic E-state index is 14.0. The van der Waals surface area contributed by atoms with Crippen LogP contribution in [-0.2, 0) is 0 Å². The molecule has 1 N–H and O–H groups in total. The van der Waals surface area contributed by atoms with E-state index in [-0.39, 0.29) is 26.5 Å². The number of aromatic amines is 1. The van der Waals surface area contributed by atoms with Crippen molar-refractivity contribution >= 4 is 34.9 Å². The summed E-state index contributed by atoms with van der Waals surface area (Å²) in [5.41, 5.74) is 0.0719. The first-order valence-corrected chi connectivity index (χ1v) is 6.32. The van der Waals surface area contributed by atoms with E-state index in [9.17, 15) is 13.2 Å². The number of fused-ring (bicyclic) bond motifs is 1. The van der Waals surface area contributed by atoms with E-state index in [0.29, 0.717) is 0 Å². The number of hydrogen-bond donors (Lipinski definition) is 1. The first kappa shape index (κ1) is 13.2. The molecule has 102 valence electrons. The van der Waals surface area contributed by atoms with Gasteiger partial charge in [0.15, 0.2) is 16.4 Å². The predicted octanol–water partition coefficient (Wildman–Crippen LogP) is 4.76. The Morgan fingerprint density at radius 2 is 1.75 bits per heavy atom. The SMILES string of the molecule is Fc1ccc(Cl)cc1-n1c(=S)[nH]c2ccc(F)c(F)c21. The van der Waals surface area contributed by atoms with Crippen LogP contribution in [0.3, 0.4) is 0 Å². The number of nitrogens with one attached hydrogen (secondary N) is 1. The molecule has 3 aromatic rings. The lowest BCUT2D eigenvalue weighted by atomic mass is 10.2. The molecular formula is C13H6ClF3N2S. The topological polar surface area (TPSA) is 20.7 Å². The zero-order chi connectivity index (χ0) is 14.4. The molecule has 0 saturated carbocycles. The first-order chi connectivity index (χ1) is 9.49. The lowest BCUT2D eigenvalue weighted by Gasteiger charge is -2.07. The molecule has 0 atom stereocenters. The summed E-state index contributed by atoms with van der Waals surface area (Å²) < 4.78 is 42.4. The van der Waals surface area contributed by atoms with E-state index in [1.807, 2.05) is 0 Å². The van der Waals surface area contributed by atoms with Crippen LogP contribution >= 0.6 is 23.8 Å². The van der Waals surface area contributed by atoms with Crippen molar-refractivity contribution in [3.8, 4) is 5.69 Å². The fourth-order valence-corrected chi connectivity index (χ4v) is 2.49. The highest BCUT2D eigenvalue weighted by molar-refractivity contribution is 7.71. The minimum Gasteiger partial charge on any atom is -0.330 e. The number of imidazole rings is 1. The van der Waals surface area contributed by atoms with Crippen LogP contribution in [0.1, 0.15) is 0 Å². The van der Waals surface area contributed by atoms with Crippen LogP contribution in [0.25, 0.3) is 16.7 Å². The van der Waals surface area contributed by atoms with E-state index >= 15 is 0 Å². The van der Waals surface area contributed by atoms with Crippen molar-refractivity contribution < 1.29 is 13.2 Å². The molecule has 0 radical (unpaired) electrons. The quantitative estimate of drug-likeness (QED) is 0.642. The highest BCUT2D eigenvalue weighted by atomic mass is 35.5. The van der Waals surface area contributed by atoms with E-state index in [4.69, 9.17) is 23.8 Å². The lowest BCUT2D eigenvalue weighted by Crippen LogP contribution is -2.00. The highest BCUT2D eigenvalue weighted by Crippen LogP contribution is 2.27. The molecule has 0 aliphatic carbocycles. The average molecular weight is 315 g/mol. The monoisotopic (exact) mass is 314 g/mol. The maximum absolute atomic E-state index is 14.0. The largest absolute Gasteiger partial charge is 0.330 e. The van der Waals surface area contributed by atoms with Gasteiger partial charge in [-0.1, -0.05) is 11.6 Å². The van der Waals surface area contributed by atoms with Crippen LogP contribution < -0.4 is 0 Å².